The largest absolute Gasteiger partial charge is 0.493 e. The molecule has 2 heterocycles. The first-order valence-electron chi connectivity index (χ1n) is 12.0. The Morgan fingerprint density at radius 1 is 0.975 bits per heavy atom. The first-order chi connectivity index (χ1) is 19.5. The number of nitrogens with one attached hydrogen (secondary N) is 1. The third-order valence-corrected chi connectivity index (χ3v) is 7.96. The van der Waals surface area contributed by atoms with E-state index in [1.165, 1.54) is 23.1 Å². The third kappa shape index (κ3) is 6.82. The zero-order valence-corrected chi connectivity index (χ0v) is 24.8. The second kappa shape index (κ2) is 13.0. The molecular weight excluding hydrogens is 614 g/mol. The number of halogens is 1. The van der Waals surface area contributed by atoms with Gasteiger partial charge < -0.3 is 19.5 Å². The van der Waals surface area contributed by atoms with Gasteiger partial charge in [-0.3, -0.25) is 9.36 Å². The number of carbonyl (C=O) groups excluding carboxylic acids is 1. The molecule has 0 fully saturated rings. The van der Waals surface area contributed by atoms with E-state index in [4.69, 9.17) is 14.2 Å². The van der Waals surface area contributed by atoms with E-state index in [0.717, 1.165) is 20.8 Å². The molecule has 204 valence electrons. The standard InChI is InChI=1S/C28H24BrN5O4S2/c1-36-22-13-8-18(14-23(22)37-2)15-25-32-33-28(39-17-26(35)31-27-30-16-24(29)40-27)34(25)19-9-11-21(12-10-19)38-20-6-4-3-5-7-20/h3-14,16H,15,17H2,1-2H3,(H,30,31,35). The van der Waals surface area contributed by atoms with Gasteiger partial charge in [0.1, 0.15) is 17.3 Å². The van der Waals surface area contributed by atoms with Crippen LogP contribution in [0.1, 0.15) is 11.4 Å². The maximum absolute atomic E-state index is 12.6. The lowest BCUT2D eigenvalue weighted by Crippen LogP contribution is -2.14. The van der Waals surface area contributed by atoms with Crippen LogP contribution in [0.4, 0.5) is 5.13 Å². The van der Waals surface area contributed by atoms with Gasteiger partial charge in [-0.05, 0) is 70.0 Å². The summed E-state index contributed by atoms with van der Waals surface area (Å²) in [5.74, 6) is 3.40. The van der Waals surface area contributed by atoms with E-state index < -0.39 is 0 Å². The van der Waals surface area contributed by atoms with Crippen LogP contribution in [0.5, 0.6) is 23.0 Å². The Hall–Kier alpha value is -3.87. The van der Waals surface area contributed by atoms with Gasteiger partial charge in [-0.15, -0.1) is 10.2 Å². The zero-order chi connectivity index (χ0) is 27.9. The predicted molar refractivity (Wildman–Crippen MR) is 159 cm³/mol. The Bertz CT molecular complexity index is 1590. The van der Waals surface area contributed by atoms with Gasteiger partial charge in [-0.2, -0.15) is 0 Å². The highest BCUT2D eigenvalue weighted by atomic mass is 79.9. The lowest BCUT2D eigenvalue weighted by Gasteiger charge is -2.13. The summed E-state index contributed by atoms with van der Waals surface area (Å²) >= 11 is 6.00. The van der Waals surface area contributed by atoms with Crippen molar-refractivity contribution >= 4 is 50.1 Å². The molecule has 0 atom stereocenters. The molecule has 9 nitrogen and oxygen atoms in total. The first-order valence-corrected chi connectivity index (χ1v) is 14.6. The first kappa shape index (κ1) is 27.7. The Kier molecular flexibility index (Phi) is 8.99. The molecular formula is C28H24BrN5O4S2. The highest BCUT2D eigenvalue weighted by Crippen LogP contribution is 2.31. The van der Waals surface area contributed by atoms with Crippen molar-refractivity contribution in [3.8, 4) is 28.7 Å². The lowest BCUT2D eigenvalue weighted by atomic mass is 10.1. The van der Waals surface area contributed by atoms with Crippen molar-refractivity contribution < 1.29 is 19.0 Å². The van der Waals surface area contributed by atoms with Crippen molar-refractivity contribution in [1.82, 2.24) is 19.7 Å². The minimum atomic E-state index is -0.186. The number of nitrogens with zero attached hydrogens (tertiary/aromatic N) is 4. The van der Waals surface area contributed by atoms with E-state index in [1.54, 1.807) is 20.4 Å². The van der Waals surface area contributed by atoms with Crippen LogP contribution in [-0.2, 0) is 11.2 Å². The molecule has 0 radical (unpaired) electrons. The number of thioether (sulfide) groups is 1. The summed E-state index contributed by atoms with van der Waals surface area (Å²) in [6.07, 6.45) is 2.13. The van der Waals surface area contributed by atoms with Crippen LogP contribution >= 0.6 is 39.0 Å². The monoisotopic (exact) mass is 637 g/mol. The third-order valence-electron chi connectivity index (χ3n) is 5.64. The average Bonchev–Trinajstić information content (AvgIpc) is 3.57. The number of hydrogen-bond acceptors (Lipinski definition) is 9. The topological polar surface area (TPSA) is 100 Å². The number of thiazole rings is 1. The molecule has 1 N–H and O–H groups in total. The van der Waals surface area contributed by atoms with Gasteiger partial charge >= 0.3 is 0 Å². The van der Waals surface area contributed by atoms with Crippen molar-refractivity contribution in [2.75, 3.05) is 25.3 Å². The molecule has 5 rings (SSSR count). The maximum atomic E-state index is 12.6. The second-order valence-electron chi connectivity index (χ2n) is 8.32. The van der Waals surface area contributed by atoms with E-state index >= 15 is 0 Å². The quantitative estimate of drug-likeness (QED) is 0.161. The summed E-state index contributed by atoms with van der Waals surface area (Å²) in [5.41, 5.74) is 1.81. The van der Waals surface area contributed by atoms with E-state index in [9.17, 15) is 4.79 Å². The Morgan fingerprint density at radius 3 is 2.42 bits per heavy atom. The second-order valence-corrected chi connectivity index (χ2v) is 11.7. The van der Waals surface area contributed by atoms with Crippen LogP contribution in [0.3, 0.4) is 0 Å². The highest BCUT2D eigenvalue weighted by Gasteiger charge is 2.18. The summed E-state index contributed by atoms with van der Waals surface area (Å²) in [6, 6.07) is 23.0. The minimum Gasteiger partial charge on any atom is -0.493 e. The van der Waals surface area contributed by atoms with Gasteiger partial charge in [0.2, 0.25) is 5.91 Å². The summed E-state index contributed by atoms with van der Waals surface area (Å²) < 4.78 is 19.6. The molecule has 0 unspecified atom stereocenters. The van der Waals surface area contributed by atoms with Gasteiger partial charge in [-0.25, -0.2) is 4.98 Å². The molecule has 5 aromatic rings. The van der Waals surface area contributed by atoms with E-state index in [-0.39, 0.29) is 11.7 Å². The van der Waals surface area contributed by atoms with Gasteiger partial charge in [0.15, 0.2) is 21.8 Å². The number of hydrogen-bond donors (Lipinski definition) is 1. The number of amides is 1. The Balaban J connectivity index is 1.40. The van der Waals surface area contributed by atoms with Gasteiger partial charge in [-0.1, -0.05) is 47.4 Å². The fourth-order valence-electron chi connectivity index (χ4n) is 3.83. The van der Waals surface area contributed by atoms with Crippen molar-refractivity contribution in [3.05, 3.63) is 94.2 Å². The van der Waals surface area contributed by atoms with E-state index in [2.05, 4.69) is 36.4 Å². The predicted octanol–water partition coefficient (Wildman–Crippen LogP) is 6.62. The van der Waals surface area contributed by atoms with Crippen molar-refractivity contribution in [1.29, 1.82) is 0 Å². The van der Waals surface area contributed by atoms with Crippen molar-refractivity contribution in [2.24, 2.45) is 0 Å². The zero-order valence-electron chi connectivity index (χ0n) is 21.5. The summed E-state index contributed by atoms with van der Waals surface area (Å²) in [4.78, 5) is 16.8. The lowest BCUT2D eigenvalue weighted by molar-refractivity contribution is -0.113. The van der Waals surface area contributed by atoms with Gasteiger partial charge in [0, 0.05) is 12.1 Å². The fourth-order valence-corrected chi connectivity index (χ4v) is 5.72. The van der Waals surface area contributed by atoms with Crippen LogP contribution in [0.15, 0.2) is 87.9 Å². The summed E-state index contributed by atoms with van der Waals surface area (Å²) in [5, 5.41) is 12.8. The molecule has 12 heteroatoms. The number of methoxy groups -OCH3 is 2. The van der Waals surface area contributed by atoms with E-state index in [0.29, 0.717) is 39.8 Å². The van der Waals surface area contributed by atoms with Crippen LogP contribution in [-0.4, -0.2) is 45.6 Å². The van der Waals surface area contributed by atoms with Crippen LogP contribution in [0.25, 0.3) is 5.69 Å². The SMILES string of the molecule is COc1ccc(Cc2nnc(SCC(=O)Nc3ncc(Br)s3)n2-c2ccc(Oc3ccccc3)cc2)cc1OC. The number of anilines is 1. The molecule has 2 aromatic heterocycles. The maximum Gasteiger partial charge on any atom is 0.236 e. The normalized spacial score (nSPS) is 10.8. The van der Waals surface area contributed by atoms with Gasteiger partial charge in [0.25, 0.3) is 0 Å². The fraction of sp³-hybridized carbons (Fsp3) is 0.143. The minimum absolute atomic E-state index is 0.140. The highest BCUT2D eigenvalue weighted by molar-refractivity contribution is 9.11. The number of carbonyl (C=O) groups is 1. The average molecular weight is 639 g/mol. The Morgan fingerprint density at radius 2 is 1.73 bits per heavy atom. The number of para-hydroxylation sites is 1. The molecule has 0 saturated carbocycles. The number of aromatic nitrogens is 4. The Labute approximate surface area is 247 Å². The van der Waals surface area contributed by atoms with Crippen molar-refractivity contribution in [3.63, 3.8) is 0 Å². The molecule has 0 aliphatic rings. The van der Waals surface area contributed by atoms with Gasteiger partial charge in [0.05, 0.1) is 30.0 Å². The summed E-state index contributed by atoms with van der Waals surface area (Å²) in [7, 11) is 3.21. The summed E-state index contributed by atoms with van der Waals surface area (Å²) in [6.45, 7) is 0. The molecule has 0 aliphatic carbocycles. The number of rotatable bonds is 11. The molecule has 0 spiro atoms. The molecule has 0 aliphatic heterocycles. The van der Waals surface area contributed by atoms with Crippen LogP contribution < -0.4 is 19.5 Å². The molecule has 40 heavy (non-hydrogen) atoms. The smallest absolute Gasteiger partial charge is 0.236 e. The van der Waals surface area contributed by atoms with Crippen molar-refractivity contribution in [2.45, 2.75) is 11.6 Å². The number of ether oxygens (including phenoxy) is 3. The van der Waals surface area contributed by atoms with E-state index in [1.807, 2.05) is 77.4 Å². The van der Waals surface area contributed by atoms with Crippen LogP contribution in [0, 0.1) is 0 Å². The molecule has 0 bridgehead atoms. The molecule has 0 saturated heterocycles. The van der Waals surface area contributed by atoms with Crippen LogP contribution in [0.2, 0.25) is 0 Å². The number of benzene rings is 3. The molecule has 1 amide bonds. The molecule has 3 aromatic carbocycles.